The number of alkyl halides is 1. The Bertz CT molecular complexity index is 235. The summed E-state index contributed by atoms with van der Waals surface area (Å²) in [5.74, 6) is 0.407. The average Bonchev–Trinajstić information content (AvgIpc) is 2.06. The standard InChI is InChI=1S/C8H9ClO3/c9-8(11,6-10)12-7-4-2-1-3-5-7/h1-5,10-11H,6H2. The van der Waals surface area contributed by atoms with Gasteiger partial charge in [0.25, 0.3) is 0 Å². The minimum absolute atomic E-state index is 0.407. The molecule has 1 unspecified atom stereocenters. The number of aliphatic hydroxyl groups excluding tert-OH is 1. The highest BCUT2D eigenvalue weighted by molar-refractivity contribution is 6.21. The summed E-state index contributed by atoms with van der Waals surface area (Å²) >= 11 is 5.34. The predicted molar refractivity (Wildman–Crippen MR) is 45.0 cm³/mol. The lowest BCUT2D eigenvalue weighted by Crippen LogP contribution is -2.32. The normalized spacial score (nSPS) is 15.2. The van der Waals surface area contributed by atoms with Crippen LogP contribution in [-0.2, 0) is 0 Å². The first kappa shape index (κ1) is 9.32. The van der Waals surface area contributed by atoms with Crippen LogP contribution >= 0.6 is 11.6 Å². The summed E-state index contributed by atoms with van der Waals surface area (Å²) in [5, 5.41) is 15.6. The van der Waals surface area contributed by atoms with E-state index < -0.39 is 11.9 Å². The van der Waals surface area contributed by atoms with Gasteiger partial charge in [0.1, 0.15) is 12.4 Å². The average molecular weight is 189 g/mol. The third-order valence-corrected chi connectivity index (χ3v) is 1.41. The molecule has 0 heterocycles. The van der Waals surface area contributed by atoms with E-state index in [-0.39, 0.29) is 0 Å². The van der Waals surface area contributed by atoms with Crippen molar-refractivity contribution in [1.29, 1.82) is 0 Å². The minimum atomic E-state index is -2.03. The van der Waals surface area contributed by atoms with Crippen LogP contribution in [0.4, 0.5) is 0 Å². The molecule has 0 aromatic heterocycles. The van der Waals surface area contributed by atoms with Crippen molar-refractivity contribution in [2.24, 2.45) is 0 Å². The zero-order valence-electron chi connectivity index (χ0n) is 6.27. The van der Waals surface area contributed by atoms with Crippen molar-refractivity contribution >= 4 is 11.6 Å². The number of ether oxygens (including phenoxy) is 1. The molecule has 0 saturated heterocycles. The Morgan fingerprint density at radius 2 is 1.92 bits per heavy atom. The monoisotopic (exact) mass is 188 g/mol. The van der Waals surface area contributed by atoms with Crippen LogP contribution in [0.5, 0.6) is 5.75 Å². The van der Waals surface area contributed by atoms with Crippen molar-refractivity contribution in [2.75, 3.05) is 6.61 Å². The predicted octanol–water partition coefficient (Wildman–Crippen LogP) is 0.943. The van der Waals surface area contributed by atoms with E-state index >= 15 is 0 Å². The molecular formula is C8H9ClO3. The molecule has 0 radical (unpaired) electrons. The Morgan fingerprint density at radius 3 is 2.42 bits per heavy atom. The molecule has 1 atom stereocenters. The van der Waals surface area contributed by atoms with Crippen molar-refractivity contribution in [1.82, 2.24) is 0 Å². The largest absolute Gasteiger partial charge is 0.447 e. The Kier molecular flexibility index (Phi) is 2.92. The van der Waals surface area contributed by atoms with Crippen molar-refractivity contribution < 1.29 is 14.9 Å². The van der Waals surface area contributed by atoms with Crippen LogP contribution in [0, 0.1) is 0 Å². The lowest BCUT2D eigenvalue weighted by atomic mass is 10.3. The van der Waals surface area contributed by atoms with Crippen LogP contribution < -0.4 is 4.74 Å². The molecule has 0 aliphatic heterocycles. The second kappa shape index (κ2) is 3.76. The van der Waals surface area contributed by atoms with Crippen molar-refractivity contribution in [3.8, 4) is 5.75 Å². The number of para-hydroxylation sites is 1. The van der Waals surface area contributed by atoms with Gasteiger partial charge in [-0.3, -0.25) is 0 Å². The number of hydrogen-bond acceptors (Lipinski definition) is 3. The third kappa shape index (κ3) is 2.70. The van der Waals surface area contributed by atoms with Gasteiger partial charge in [0.05, 0.1) is 0 Å². The van der Waals surface area contributed by atoms with Gasteiger partial charge in [-0.15, -0.1) is 0 Å². The van der Waals surface area contributed by atoms with E-state index in [1.807, 2.05) is 0 Å². The number of benzene rings is 1. The number of halogens is 1. The maximum absolute atomic E-state index is 9.07. The van der Waals surface area contributed by atoms with Crippen LogP contribution in [0.15, 0.2) is 30.3 Å². The van der Waals surface area contributed by atoms with Crippen LogP contribution in [-0.4, -0.2) is 22.1 Å². The molecule has 1 aromatic rings. The third-order valence-electron chi connectivity index (χ3n) is 1.21. The zero-order chi connectivity index (χ0) is 9.03. The molecule has 0 saturated carbocycles. The van der Waals surface area contributed by atoms with Gasteiger partial charge in [-0.25, -0.2) is 0 Å². The quantitative estimate of drug-likeness (QED) is 0.549. The lowest BCUT2D eigenvalue weighted by Gasteiger charge is -2.18. The smallest absolute Gasteiger partial charge is 0.311 e. The second-order valence-electron chi connectivity index (χ2n) is 2.26. The fraction of sp³-hybridized carbons (Fsp3) is 0.250. The molecule has 0 spiro atoms. The van der Waals surface area contributed by atoms with Crippen molar-refractivity contribution in [3.63, 3.8) is 0 Å². The minimum Gasteiger partial charge on any atom is -0.447 e. The highest BCUT2D eigenvalue weighted by atomic mass is 35.5. The van der Waals surface area contributed by atoms with Gasteiger partial charge >= 0.3 is 5.25 Å². The van der Waals surface area contributed by atoms with Gasteiger partial charge in [-0.2, -0.15) is 0 Å². The SMILES string of the molecule is OCC(O)(Cl)Oc1ccccc1. The van der Waals surface area contributed by atoms with E-state index in [9.17, 15) is 0 Å². The first-order chi connectivity index (χ1) is 5.64. The summed E-state index contributed by atoms with van der Waals surface area (Å²) in [5.41, 5.74) is 0. The highest BCUT2D eigenvalue weighted by Crippen LogP contribution is 2.18. The molecule has 0 amide bonds. The Morgan fingerprint density at radius 1 is 1.33 bits per heavy atom. The number of hydrogen-bond donors (Lipinski definition) is 2. The molecule has 4 heteroatoms. The number of aliphatic hydroxyl groups is 2. The highest BCUT2D eigenvalue weighted by Gasteiger charge is 2.24. The van der Waals surface area contributed by atoms with Crippen LogP contribution in [0.2, 0.25) is 0 Å². The van der Waals surface area contributed by atoms with E-state index in [1.54, 1.807) is 30.3 Å². The summed E-state index contributed by atoms with van der Waals surface area (Å²) in [6, 6.07) is 8.53. The second-order valence-corrected chi connectivity index (χ2v) is 2.85. The van der Waals surface area contributed by atoms with Gasteiger partial charge in [-0.1, -0.05) is 18.2 Å². The van der Waals surface area contributed by atoms with Crippen LogP contribution in [0.1, 0.15) is 0 Å². The van der Waals surface area contributed by atoms with Gasteiger partial charge in [-0.05, 0) is 23.7 Å². The summed E-state index contributed by atoms with van der Waals surface area (Å²) in [6.45, 7) is -0.663. The first-order valence-electron chi connectivity index (χ1n) is 3.40. The number of rotatable bonds is 3. The van der Waals surface area contributed by atoms with Gasteiger partial charge in [0, 0.05) is 0 Å². The molecule has 12 heavy (non-hydrogen) atoms. The van der Waals surface area contributed by atoms with E-state index in [1.165, 1.54) is 0 Å². The molecule has 2 N–H and O–H groups in total. The lowest BCUT2D eigenvalue weighted by molar-refractivity contribution is -0.0952. The van der Waals surface area contributed by atoms with E-state index in [4.69, 9.17) is 26.6 Å². The Hall–Kier alpha value is -0.770. The maximum atomic E-state index is 9.07. The topological polar surface area (TPSA) is 49.7 Å². The van der Waals surface area contributed by atoms with E-state index in [2.05, 4.69) is 0 Å². The van der Waals surface area contributed by atoms with Gasteiger partial charge in [0.2, 0.25) is 0 Å². The molecule has 0 fully saturated rings. The molecule has 1 rings (SSSR count). The summed E-state index contributed by atoms with van der Waals surface area (Å²) in [4.78, 5) is 0. The fourth-order valence-electron chi connectivity index (χ4n) is 0.701. The summed E-state index contributed by atoms with van der Waals surface area (Å²) in [7, 11) is 0. The van der Waals surface area contributed by atoms with E-state index in [0.717, 1.165) is 0 Å². The molecule has 3 nitrogen and oxygen atoms in total. The van der Waals surface area contributed by atoms with Crippen LogP contribution in [0.25, 0.3) is 0 Å². The van der Waals surface area contributed by atoms with E-state index in [0.29, 0.717) is 5.75 Å². The van der Waals surface area contributed by atoms with Gasteiger partial charge in [0.15, 0.2) is 0 Å². The zero-order valence-corrected chi connectivity index (χ0v) is 7.03. The molecule has 0 aliphatic carbocycles. The van der Waals surface area contributed by atoms with Gasteiger partial charge < -0.3 is 14.9 Å². The molecule has 0 aliphatic rings. The molecule has 1 aromatic carbocycles. The Labute approximate surface area is 75.2 Å². The summed E-state index contributed by atoms with van der Waals surface area (Å²) < 4.78 is 4.82. The Balaban J connectivity index is 2.64. The maximum Gasteiger partial charge on any atom is 0.311 e. The van der Waals surface area contributed by atoms with Crippen molar-refractivity contribution in [2.45, 2.75) is 5.25 Å². The molecule has 0 bridgehead atoms. The van der Waals surface area contributed by atoms with Crippen LogP contribution in [0.3, 0.4) is 0 Å². The first-order valence-corrected chi connectivity index (χ1v) is 3.78. The molecule has 66 valence electrons. The summed E-state index contributed by atoms with van der Waals surface area (Å²) in [6.07, 6.45) is 0. The molecular weight excluding hydrogens is 180 g/mol. The van der Waals surface area contributed by atoms with Crippen molar-refractivity contribution in [3.05, 3.63) is 30.3 Å². The fourth-order valence-corrected chi connectivity index (χ4v) is 0.790.